The number of hydrogen-bond donors (Lipinski definition) is 0. The first kappa shape index (κ1) is 12.0. The van der Waals surface area contributed by atoms with E-state index < -0.39 is 0 Å². The number of carbonyl (C=O) groups is 2. The smallest absolute Gasteiger partial charge is 0.310 e. The van der Waals surface area contributed by atoms with Gasteiger partial charge in [0.15, 0.2) is 0 Å². The third kappa shape index (κ3) is 2.13. The second kappa shape index (κ2) is 4.21. The van der Waals surface area contributed by atoms with Crippen LogP contribution < -0.4 is 0 Å². The van der Waals surface area contributed by atoms with Gasteiger partial charge in [0.1, 0.15) is 0 Å². The molecule has 1 rings (SSSR count). The summed E-state index contributed by atoms with van der Waals surface area (Å²) in [6, 6.07) is 0. The summed E-state index contributed by atoms with van der Waals surface area (Å²) in [4.78, 5) is 23.0. The Morgan fingerprint density at radius 3 is 1.60 bits per heavy atom. The van der Waals surface area contributed by atoms with Crippen LogP contribution in [0.1, 0.15) is 27.7 Å². The first-order valence-corrected chi connectivity index (χ1v) is 5.30. The fourth-order valence-electron chi connectivity index (χ4n) is 1.98. The van der Waals surface area contributed by atoms with Crippen LogP contribution >= 0.6 is 0 Å². The van der Waals surface area contributed by atoms with E-state index in [0.717, 1.165) is 0 Å². The molecule has 0 aromatic carbocycles. The molecule has 1 aliphatic rings. The molecule has 0 radical (unpaired) electrons. The van der Waals surface area contributed by atoms with Crippen LogP contribution in [0.2, 0.25) is 0 Å². The maximum atomic E-state index is 11.5. The molecular formula is C11H18O4. The molecule has 2 atom stereocenters. The average Bonchev–Trinajstić information content (AvgIpc) is 2.70. The number of carbonyl (C=O) groups excluding carboxylic acids is 2. The van der Waals surface area contributed by atoms with Gasteiger partial charge in [-0.05, 0) is 19.3 Å². The van der Waals surface area contributed by atoms with Crippen molar-refractivity contribution in [2.24, 2.45) is 17.3 Å². The molecule has 0 bridgehead atoms. The number of ether oxygens (including phenoxy) is 2. The molecule has 0 heterocycles. The van der Waals surface area contributed by atoms with Gasteiger partial charge in [-0.1, -0.05) is 13.8 Å². The Morgan fingerprint density at radius 2 is 1.33 bits per heavy atom. The summed E-state index contributed by atoms with van der Waals surface area (Å²) in [6.45, 7) is 7.98. The van der Waals surface area contributed by atoms with Gasteiger partial charge in [-0.2, -0.15) is 0 Å². The Kier molecular flexibility index (Phi) is 3.37. The normalized spacial score (nSPS) is 26.9. The van der Waals surface area contributed by atoms with E-state index in [2.05, 4.69) is 0 Å². The van der Waals surface area contributed by atoms with Gasteiger partial charge >= 0.3 is 11.9 Å². The molecule has 1 fully saturated rings. The summed E-state index contributed by atoms with van der Waals surface area (Å²) >= 11 is 0. The van der Waals surface area contributed by atoms with Crippen LogP contribution in [0.15, 0.2) is 0 Å². The molecule has 15 heavy (non-hydrogen) atoms. The van der Waals surface area contributed by atoms with Gasteiger partial charge in [0.25, 0.3) is 0 Å². The monoisotopic (exact) mass is 214 g/mol. The summed E-state index contributed by atoms with van der Waals surface area (Å²) < 4.78 is 9.83. The molecule has 0 amide bonds. The van der Waals surface area contributed by atoms with Crippen LogP contribution in [0.4, 0.5) is 0 Å². The van der Waals surface area contributed by atoms with Crippen LogP contribution in [-0.2, 0) is 19.1 Å². The predicted octanol–water partition coefficient (Wildman–Crippen LogP) is 1.38. The zero-order valence-electron chi connectivity index (χ0n) is 9.70. The minimum absolute atomic E-state index is 0.291. The summed E-state index contributed by atoms with van der Waals surface area (Å²) in [5.74, 6) is -1.26. The van der Waals surface area contributed by atoms with Crippen molar-refractivity contribution in [2.45, 2.75) is 27.7 Å². The van der Waals surface area contributed by atoms with Crippen LogP contribution in [0.25, 0.3) is 0 Å². The van der Waals surface area contributed by atoms with Crippen molar-refractivity contribution in [2.75, 3.05) is 13.2 Å². The molecule has 4 nitrogen and oxygen atoms in total. The summed E-state index contributed by atoms with van der Waals surface area (Å²) in [5, 5.41) is 0. The van der Waals surface area contributed by atoms with Crippen molar-refractivity contribution in [1.82, 2.24) is 0 Å². The standard InChI is InChI=1S/C11H18O4/c1-5-14-9(12)7-8(11(7,3)4)10(13)15-6-2/h7-8H,5-6H2,1-4H3. The molecule has 86 valence electrons. The van der Waals surface area contributed by atoms with Crippen LogP contribution in [0, 0.1) is 17.3 Å². The zero-order valence-corrected chi connectivity index (χ0v) is 9.70. The van der Waals surface area contributed by atoms with Crippen LogP contribution in [0.3, 0.4) is 0 Å². The molecule has 1 saturated carbocycles. The third-order valence-corrected chi connectivity index (χ3v) is 2.91. The fraction of sp³-hybridized carbons (Fsp3) is 0.818. The fourth-order valence-corrected chi connectivity index (χ4v) is 1.98. The Bertz CT molecular complexity index is 244. The zero-order chi connectivity index (χ0) is 11.6. The highest BCUT2D eigenvalue weighted by atomic mass is 16.5. The lowest BCUT2D eigenvalue weighted by atomic mass is 10.1. The highest BCUT2D eigenvalue weighted by Gasteiger charge is 2.67. The largest absolute Gasteiger partial charge is 0.466 e. The second-order valence-corrected chi connectivity index (χ2v) is 4.28. The molecule has 0 saturated heterocycles. The first-order valence-electron chi connectivity index (χ1n) is 5.30. The molecule has 0 spiro atoms. The Balaban J connectivity index is 2.62. The first-order chi connectivity index (χ1) is 6.96. The topological polar surface area (TPSA) is 52.6 Å². The van der Waals surface area contributed by atoms with E-state index in [1.165, 1.54) is 0 Å². The molecule has 0 aliphatic heterocycles. The lowest BCUT2D eigenvalue weighted by Crippen LogP contribution is -2.13. The minimum atomic E-state index is -0.337. The SMILES string of the molecule is CCOC(=O)C1C(C(=O)OCC)C1(C)C. The molecule has 4 heteroatoms. The van der Waals surface area contributed by atoms with E-state index in [1.54, 1.807) is 13.8 Å². The highest BCUT2D eigenvalue weighted by Crippen LogP contribution is 2.59. The van der Waals surface area contributed by atoms with Crippen molar-refractivity contribution < 1.29 is 19.1 Å². The van der Waals surface area contributed by atoms with Crippen molar-refractivity contribution in [3.05, 3.63) is 0 Å². The third-order valence-electron chi connectivity index (χ3n) is 2.91. The molecular weight excluding hydrogens is 196 g/mol. The quantitative estimate of drug-likeness (QED) is 0.663. The van der Waals surface area contributed by atoms with E-state index in [9.17, 15) is 9.59 Å². The minimum Gasteiger partial charge on any atom is -0.466 e. The second-order valence-electron chi connectivity index (χ2n) is 4.28. The lowest BCUT2D eigenvalue weighted by molar-refractivity contribution is -0.150. The Labute approximate surface area is 89.9 Å². The van der Waals surface area contributed by atoms with E-state index >= 15 is 0 Å². The maximum Gasteiger partial charge on any atom is 0.310 e. The van der Waals surface area contributed by atoms with Gasteiger partial charge in [-0.25, -0.2) is 0 Å². The van der Waals surface area contributed by atoms with Gasteiger partial charge in [-0.15, -0.1) is 0 Å². The number of rotatable bonds is 4. The maximum absolute atomic E-state index is 11.5. The molecule has 1 aliphatic carbocycles. The van der Waals surface area contributed by atoms with Gasteiger partial charge in [-0.3, -0.25) is 9.59 Å². The average molecular weight is 214 g/mol. The van der Waals surface area contributed by atoms with Gasteiger partial charge in [0, 0.05) is 0 Å². The molecule has 2 unspecified atom stereocenters. The Morgan fingerprint density at radius 1 is 1.00 bits per heavy atom. The molecule has 0 aromatic rings. The van der Waals surface area contributed by atoms with Crippen molar-refractivity contribution in [3.63, 3.8) is 0 Å². The number of esters is 2. The van der Waals surface area contributed by atoms with Crippen molar-refractivity contribution in [3.8, 4) is 0 Å². The van der Waals surface area contributed by atoms with Gasteiger partial charge in [0.05, 0.1) is 25.0 Å². The van der Waals surface area contributed by atoms with Crippen molar-refractivity contribution >= 4 is 11.9 Å². The van der Waals surface area contributed by atoms with Crippen LogP contribution in [0.5, 0.6) is 0 Å². The summed E-state index contributed by atoms with van der Waals surface area (Å²) in [7, 11) is 0. The van der Waals surface area contributed by atoms with Gasteiger partial charge < -0.3 is 9.47 Å². The summed E-state index contributed by atoms with van der Waals surface area (Å²) in [6.07, 6.45) is 0. The lowest BCUT2D eigenvalue weighted by Gasteiger charge is -2.01. The highest BCUT2D eigenvalue weighted by molar-refractivity contribution is 5.89. The Hall–Kier alpha value is -1.06. The van der Waals surface area contributed by atoms with E-state index in [-0.39, 0.29) is 29.2 Å². The summed E-state index contributed by atoms with van der Waals surface area (Å²) in [5.41, 5.74) is -0.321. The van der Waals surface area contributed by atoms with Gasteiger partial charge in [0.2, 0.25) is 0 Å². The molecule has 0 N–H and O–H groups in total. The van der Waals surface area contributed by atoms with Crippen molar-refractivity contribution in [1.29, 1.82) is 0 Å². The molecule has 0 aromatic heterocycles. The van der Waals surface area contributed by atoms with E-state index in [1.807, 2.05) is 13.8 Å². The van der Waals surface area contributed by atoms with E-state index in [4.69, 9.17) is 9.47 Å². The number of hydrogen-bond acceptors (Lipinski definition) is 4. The van der Waals surface area contributed by atoms with Crippen LogP contribution in [-0.4, -0.2) is 25.2 Å². The van der Waals surface area contributed by atoms with E-state index in [0.29, 0.717) is 13.2 Å². The predicted molar refractivity (Wildman–Crippen MR) is 54.0 cm³/mol.